The summed E-state index contributed by atoms with van der Waals surface area (Å²) in [7, 11) is 0. The van der Waals surface area contributed by atoms with E-state index in [1.165, 1.54) is 37.9 Å². The molecule has 0 aromatic heterocycles. The van der Waals surface area contributed by atoms with Crippen LogP contribution >= 0.6 is 0 Å². The van der Waals surface area contributed by atoms with Crippen LogP contribution in [-0.2, 0) is 0 Å². The van der Waals surface area contributed by atoms with Crippen molar-refractivity contribution < 1.29 is 0 Å². The molecule has 1 aromatic rings. The largest absolute Gasteiger partial charge is 0.369 e. The van der Waals surface area contributed by atoms with E-state index in [0.29, 0.717) is 22.7 Å². The molecule has 2 aliphatic carbocycles. The maximum atomic E-state index is 8.89. The van der Waals surface area contributed by atoms with Crippen LogP contribution in [0.4, 0.5) is 5.69 Å². The molecule has 0 radical (unpaired) electrons. The zero-order chi connectivity index (χ0) is 20.6. The van der Waals surface area contributed by atoms with Gasteiger partial charge in [0.05, 0.1) is 6.07 Å². The van der Waals surface area contributed by atoms with Crippen LogP contribution in [0.2, 0.25) is 0 Å². The Balaban J connectivity index is 1.41. The lowest BCUT2D eigenvalue weighted by Gasteiger charge is -2.46. The number of benzene rings is 1. The predicted octanol–water partition coefficient (Wildman–Crippen LogP) is 5.68. The molecule has 0 unspecified atom stereocenters. The first-order chi connectivity index (χ1) is 13.8. The lowest BCUT2D eigenvalue weighted by molar-refractivity contribution is 0.0970. The second-order valence-corrected chi connectivity index (χ2v) is 11.6. The van der Waals surface area contributed by atoms with E-state index in [1.54, 1.807) is 5.56 Å². The third kappa shape index (κ3) is 4.97. The van der Waals surface area contributed by atoms with E-state index in [-0.39, 0.29) is 0 Å². The van der Waals surface area contributed by atoms with Crippen molar-refractivity contribution in [1.29, 1.82) is 5.26 Å². The van der Waals surface area contributed by atoms with E-state index in [4.69, 9.17) is 5.26 Å². The number of rotatable bonds is 5. The van der Waals surface area contributed by atoms with Gasteiger partial charge in [0.1, 0.15) is 0 Å². The number of piperazine rings is 1. The number of nitrogens with zero attached hydrogens (tertiary/aromatic N) is 3. The minimum atomic E-state index is 0.419. The van der Waals surface area contributed by atoms with Gasteiger partial charge in [0.15, 0.2) is 0 Å². The van der Waals surface area contributed by atoms with Gasteiger partial charge in [0.25, 0.3) is 0 Å². The van der Waals surface area contributed by atoms with Crippen LogP contribution in [-0.4, -0.2) is 37.6 Å². The van der Waals surface area contributed by atoms with Gasteiger partial charge in [-0.3, -0.25) is 4.90 Å². The number of hydrogen-bond acceptors (Lipinski definition) is 3. The van der Waals surface area contributed by atoms with E-state index < -0.39 is 0 Å². The molecule has 29 heavy (non-hydrogen) atoms. The highest BCUT2D eigenvalue weighted by Crippen LogP contribution is 2.53. The minimum Gasteiger partial charge on any atom is -0.369 e. The topological polar surface area (TPSA) is 30.3 Å². The Labute approximate surface area is 178 Å². The second-order valence-electron chi connectivity index (χ2n) is 11.6. The summed E-state index contributed by atoms with van der Waals surface area (Å²) in [5.41, 5.74) is 3.91. The Morgan fingerprint density at radius 2 is 1.62 bits per heavy atom. The van der Waals surface area contributed by atoms with Crippen molar-refractivity contribution >= 4 is 5.69 Å². The van der Waals surface area contributed by atoms with E-state index in [1.807, 2.05) is 0 Å². The zero-order valence-electron chi connectivity index (χ0n) is 19.0. The Kier molecular flexibility index (Phi) is 5.68. The molecule has 0 N–H and O–H groups in total. The molecular formula is C26H39N3. The van der Waals surface area contributed by atoms with Gasteiger partial charge in [-0.2, -0.15) is 5.26 Å². The number of nitriles is 1. The van der Waals surface area contributed by atoms with Crippen molar-refractivity contribution in [2.75, 3.05) is 37.6 Å². The summed E-state index contributed by atoms with van der Waals surface area (Å²) in [6, 6.07) is 11.6. The first kappa shape index (κ1) is 20.7. The standard InChI is InChI=1S/C26H39N3/c1-25(2)16-22(17-26(3,4)19-25)23-7-5-6-8-24(23)29-13-11-28(12-14-29)18-21-15-20(21)9-10-27/h5-8,20-22H,9,11-19H2,1-4H3/t20-,21+/m1/s1. The first-order valence-electron chi connectivity index (χ1n) is 11.7. The Hall–Kier alpha value is -1.53. The van der Waals surface area contributed by atoms with Crippen LogP contribution in [0.25, 0.3) is 0 Å². The average Bonchev–Trinajstić information content (AvgIpc) is 3.37. The molecule has 2 saturated carbocycles. The van der Waals surface area contributed by atoms with Crippen molar-refractivity contribution in [2.24, 2.45) is 22.7 Å². The van der Waals surface area contributed by atoms with E-state index in [0.717, 1.165) is 38.5 Å². The fourth-order valence-corrected chi connectivity index (χ4v) is 6.59. The van der Waals surface area contributed by atoms with E-state index in [9.17, 15) is 0 Å². The van der Waals surface area contributed by atoms with Crippen molar-refractivity contribution in [1.82, 2.24) is 4.90 Å². The first-order valence-corrected chi connectivity index (χ1v) is 11.7. The van der Waals surface area contributed by atoms with Crippen LogP contribution in [0.5, 0.6) is 0 Å². The number of anilines is 1. The molecule has 1 aliphatic heterocycles. The lowest BCUT2D eigenvalue weighted by Crippen LogP contribution is -2.47. The SMILES string of the molecule is CC1(C)CC(c2ccccc2N2CCN(C[C@@H]3C[C@H]3CC#N)CC2)CC(C)(C)C1. The maximum absolute atomic E-state index is 8.89. The highest BCUT2D eigenvalue weighted by atomic mass is 15.3. The van der Waals surface area contributed by atoms with Crippen molar-refractivity contribution in [3.8, 4) is 6.07 Å². The molecule has 158 valence electrons. The van der Waals surface area contributed by atoms with Crippen molar-refractivity contribution in [3.05, 3.63) is 29.8 Å². The van der Waals surface area contributed by atoms with Gasteiger partial charge in [-0.15, -0.1) is 0 Å². The molecule has 1 saturated heterocycles. The summed E-state index contributed by atoms with van der Waals surface area (Å²) < 4.78 is 0. The van der Waals surface area contributed by atoms with Gasteiger partial charge in [-0.05, 0) is 65.9 Å². The fourth-order valence-electron chi connectivity index (χ4n) is 6.59. The molecule has 1 aromatic carbocycles. The highest BCUT2D eigenvalue weighted by Gasteiger charge is 2.40. The summed E-state index contributed by atoms with van der Waals surface area (Å²) in [4.78, 5) is 5.27. The smallest absolute Gasteiger partial charge is 0.0624 e. The summed E-state index contributed by atoms with van der Waals surface area (Å²) in [5, 5.41) is 8.89. The molecule has 4 rings (SSSR count). The molecule has 1 heterocycles. The minimum absolute atomic E-state index is 0.419. The predicted molar refractivity (Wildman–Crippen MR) is 121 cm³/mol. The third-order valence-corrected chi connectivity index (χ3v) is 7.56. The second kappa shape index (κ2) is 7.95. The fraction of sp³-hybridized carbons (Fsp3) is 0.731. The average molecular weight is 394 g/mol. The molecule has 3 fully saturated rings. The Bertz CT molecular complexity index is 735. The van der Waals surface area contributed by atoms with Gasteiger partial charge >= 0.3 is 0 Å². The van der Waals surface area contributed by atoms with Gasteiger partial charge in [0, 0.05) is 44.8 Å². The van der Waals surface area contributed by atoms with E-state index >= 15 is 0 Å². The molecule has 2 atom stereocenters. The van der Waals surface area contributed by atoms with Crippen molar-refractivity contribution in [2.45, 2.75) is 65.7 Å². The molecule has 3 nitrogen and oxygen atoms in total. The molecule has 0 amide bonds. The molecule has 3 heteroatoms. The molecule has 0 spiro atoms. The van der Waals surface area contributed by atoms with Crippen LogP contribution in [0.3, 0.4) is 0 Å². The van der Waals surface area contributed by atoms with Gasteiger partial charge in [-0.1, -0.05) is 45.9 Å². The van der Waals surface area contributed by atoms with Crippen LogP contribution < -0.4 is 4.90 Å². The maximum Gasteiger partial charge on any atom is 0.0624 e. The monoisotopic (exact) mass is 393 g/mol. The Morgan fingerprint density at radius 3 is 2.28 bits per heavy atom. The summed E-state index contributed by atoms with van der Waals surface area (Å²) in [6.45, 7) is 15.6. The Morgan fingerprint density at radius 1 is 0.966 bits per heavy atom. The molecule has 0 bridgehead atoms. The van der Waals surface area contributed by atoms with Gasteiger partial charge < -0.3 is 4.90 Å². The summed E-state index contributed by atoms with van der Waals surface area (Å²) in [6.07, 6.45) is 5.95. The lowest BCUT2D eigenvalue weighted by atomic mass is 9.60. The third-order valence-electron chi connectivity index (χ3n) is 7.56. The molecular weight excluding hydrogens is 354 g/mol. The quantitative estimate of drug-likeness (QED) is 0.645. The van der Waals surface area contributed by atoms with E-state index in [2.05, 4.69) is 67.8 Å². The summed E-state index contributed by atoms with van der Waals surface area (Å²) in [5.74, 6) is 2.12. The number of para-hydroxylation sites is 1. The van der Waals surface area contributed by atoms with Gasteiger partial charge in [-0.25, -0.2) is 0 Å². The zero-order valence-corrected chi connectivity index (χ0v) is 19.0. The normalized spacial score (nSPS) is 29.4. The van der Waals surface area contributed by atoms with Crippen LogP contribution in [0, 0.1) is 34.0 Å². The number of hydrogen-bond donors (Lipinski definition) is 0. The highest BCUT2D eigenvalue weighted by molar-refractivity contribution is 5.56. The summed E-state index contributed by atoms with van der Waals surface area (Å²) >= 11 is 0. The molecule has 3 aliphatic rings. The van der Waals surface area contributed by atoms with Crippen LogP contribution in [0.1, 0.15) is 71.3 Å². The van der Waals surface area contributed by atoms with Gasteiger partial charge in [0.2, 0.25) is 0 Å². The van der Waals surface area contributed by atoms with Crippen molar-refractivity contribution in [3.63, 3.8) is 0 Å². The van der Waals surface area contributed by atoms with Crippen LogP contribution in [0.15, 0.2) is 24.3 Å².